The van der Waals surface area contributed by atoms with E-state index in [1.165, 1.54) is 12.0 Å². The van der Waals surface area contributed by atoms with Crippen LogP contribution in [0, 0.1) is 35.5 Å². The van der Waals surface area contributed by atoms with E-state index in [-0.39, 0.29) is 60.7 Å². The van der Waals surface area contributed by atoms with Gasteiger partial charge in [0.2, 0.25) is 5.79 Å². The molecule has 0 aromatic rings. The number of ether oxygens (including phenoxy) is 4. The van der Waals surface area contributed by atoms with Crippen molar-refractivity contribution < 1.29 is 58.2 Å². The molecular formula is C50H81NO12. The SMILES string of the molecule is C/C=C/[C@@H](C)C[C@@H](C)C(=O)[C@H](OC)[C@H](O)/C(C)=C/[C@@H](C)C(=O)C[C@H](OC(=O)[C@@H]1CCCCN1C(=O)C(=O)[C@]1(O)O[C@H](CC/C(C)=C/C)CC[C@H]1C)[C@H](C)C[C@@H]1CC[C@@H](O)[C@H](OC)C1. The maximum Gasteiger partial charge on any atom is 0.329 e. The Morgan fingerprint density at radius 2 is 1.67 bits per heavy atom. The van der Waals surface area contributed by atoms with Crippen molar-refractivity contribution >= 4 is 29.2 Å². The van der Waals surface area contributed by atoms with Gasteiger partial charge in [-0.2, -0.15) is 0 Å². The van der Waals surface area contributed by atoms with Crippen LogP contribution in [0.4, 0.5) is 0 Å². The number of carbonyl (C=O) groups is 5. The van der Waals surface area contributed by atoms with Gasteiger partial charge in [0.25, 0.3) is 11.7 Å². The summed E-state index contributed by atoms with van der Waals surface area (Å²) in [6, 6.07) is -1.11. The van der Waals surface area contributed by atoms with Gasteiger partial charge in [-0.15, -0.1) is 0 Å². The number of piperidine rings is 1. The lowest BCUT2D eigenvalue weighted by atomic mass is 9.78. The Hall–Kier alpha value is -3.07. The number of ketones is 3. The molecule has 1 amide bonds. The Bertz CT molecular complexity index is 1620. The Balaban J connectivity index is 1.84. The molecule has 14 atom stereocenters. The number of aliphatic hydroxyl groups excluding tert-OH is 2. The third-order valence-corrected chi connectivity index (χ3v) is 14.1. The first-order valence-electron chi connectivity index (χ1n) is 23.6. The van der Waals surface area contributed by atoms with E-state index in [2.05, 4.69) is 0 Å². The molecule has 13 heteroatoms. The van der Waals surface area contributed by atoms with Gasteiger partial charge >= 0.3 is 5.97 Å². The summed E-state index contributed by atoms with van der Waals surface area (Å²) in [4.78, 5) is 71.0. The van der Waals surface area contributed by atoms with Crippen LogP contribution in [0.15, 0.2) is 35.5 Å². The monoisotopic (exact) mass is 888 g/mol. The van der Waals surface area contributed by atoms with Crippen molar-refractivity contribution in [2.75, 3.05) is 20.8 Å². The number of nitrogens with zero attached hydrogens (tertiary/aromatic N) is 1. The van der Waals surface area contributed by atoms with Gasteiger partial charge in [0.05, 0.1) is 18.3 Å². The molecule has 1 aliphatic carbocycles. The molecule has 3 fully saturated rings. The average Bonchev–Trinajstić information content (AvgIpc) is 3.26. The predicted octanol–water partition coefficient (Wildman–Crippen LogP) is 7.03. The van der Waals surface area contributed by atoms with Gasteiger partial charge in [-0.25, -0.2) is 4.79 Å². The van der Waals surface area contributed by atoms with E-state index in [9.17, 15) is 39.3 Å². The van der Waals surface area contributed by atoms with Crippen LogP contribution in [0.25, 0.3) is 0 Å². The first kappa shape index (κ1) is 54.3. The van der Waals surface area contributed by atoms with Gasteiger partial charge < -0.3 is 39.2 Å². The molecule has 0 unspecified atom stereocenters. The summed E-state index contributed by atoms with van der Waals surface area (Å²) in [6.45, 7) is 16.8. The summed E-state index contributed by atoms with van der Waals surface area (Å²) in [6.07, 6.45) is 9.69. The van der Waals surface area contributed by atoms with Gasteiger partial charge in [0.1, 0.15) is 30.1 Å². The van der Waals surface area contributed by atoms with E-state index >= 15 is 0 Å². The van der Waals surface area contributed by atoms with E-state index in [0.717, 1.165) is 18.4 Å². The Labute approximate surface area is 377 Å². The van der Waals surface area contributed by atoms with Crippen molar-refractivity contribution in [3.63, 3.8) is 0 Å². The number of hydrogen-bond acceptors (Lipinski definition) is 12. The van der Waals surface area contributed by atoms with Crippen LogP contribution < -0.4 is 0 Å². The standard InChI is InChI=1S/C50H81NO12/c1-12-16-31(4)25-34(7)44(54)46(61-11)45(55)35(8)26-32(5)41(53)29-42(33(6)27-37-20-23-40(52)43(28-37)60-10)62-49(58)39-17-14-15-24-51(39)48(57)47(56)50(59)36(9)19-22-38(63-50)21-18-30(3)13-2/h12-13,16,26,31-34,36-40,42-43,45-46,52,55,59H,14-15,17-25,27-29H2,1-11H3/b16-12+,30-13+,35-26+/t31-,32-,33-,34-,36-,37+,38-,39+,40-,42+,43-,45-,46+,50-/m1/s1. The number of allylic oxidation sites excluding steroid dienone is 5. The summed E-state index contributed by atoms with van der Waals surface area (Å²) in [5, 5.41) is 33.5. The molecular weight excluding hydrogens is 807 g/mol. The van der Waals surface area contributed by atoms with Crippen molar-refractivity contribution in [2.24, 2.45) is 35.5 Å². The Kier molecular flexibility index (Phi) is 22.0. The predicted molar refractivity (Wildman–Crippen MR) is 241 cm³/mol. The molecule has 63 heavy (non-hydrogen) atoms. The lowest BCUT2D eigenvalue weighted by Gasteiger charge is -2.42. The third-order valence-electron chi connectivity index (χ3n) is 14.1. The zero-order valence-corrected chi connectivity index (χ0v) is 40.2. The van der Waals surface area contributed by atoms with Gasteiger partial charge in [-0.1, -0.05) is 64.5 Å². The molecule has 0 aromatic carbocycles. The van der Waals surface area contributed by atoms with Crippen molar-refractivity contribution in [2.45, 2.75) is 194 Å². The van der Waals surface area contributed by atoms with Crippen molar-refractivity contribution in [1.82, 2.24) is 4.90 Å². The Morgan fingerprint density at radius 3 is 2.30 bits per heavy atom. The summed E-state index contributed by atoms with van der Waals surface area (Å²) < 4.78 is 23.3. The molecule has 3 N–H and O–H groups in total. The number of Topliss-reactive ketones (excluding diaryl/α,β-unsaturated/α-hetero) is 3. The molecule has 0 spiro atoms. The molecule has 2 heterocycles. The highest BCUT2D eigenvalue weighted by atomic mass is 16.6. The van der Waals surface area contributed by atoms with E-state index in [0.29, 0.717) is 63.4 Å². The number of methoxy groups -OCH3 is 2. The van der Waals surface area contributed by atoms with Crippen LogP contribution in [0.1, 0.15) is 146 Å². The minimum Gasteiger partial charge on any atom is -0.460 e. The maximum absolute atomic E-state index is 14.3. The molecule has 1 saturated carbocycles. The topological polar surface area (TPSA) is 186 Å². The highest BCUT2D eigenvalue weighted by Gasteiger charge is 2.53. The average molecular weight is 888 g/mol. The highest BCUT2D eigenvalue weighted by molar-refractivity contribution is 6.39. The van der Waals surface area contributed by atoms with Crippen molar-refractivity contribution in [1.29, 1.82) is 0 Å². The fourth-order valence-corrected chi connectivity index (χ4v) is 9.68. The molecule has 2 aliphatic heterocycles. The highest BCUT2D eigenvalue weighted by Crippen LogP contribution is 2.37. The number of amides is 1. The summed E-state index contributed by atoms with van der Waals surface area (Å²) in [5.74, 6) is -7.41. The number of hydrogen-bond donors (Lipinski definition) is 3. The molecule has 3 rings (SSSR count). The minimum atomic E-state index is -2.33. The molecule has 358 valence electrons. The molecule has 2 saturated heterocycles. The number of rotatable bonds is 23. The fourth-order valence-electron chi connectivity index (χ4n) is 9.68. The molecule has 13 nitrogen and oxygen atoms in total. The lowest BCUT2D eigenvalue weighted by molar-refractivity contribution is -0.263. The van der Waals surface area contributed by atoms with E-state index in [1.54, 1.807) is 34.0 Å². The van der Waals surface area contributed by atoms with Gasteiger partial charge in [0, 0.05) is 44.9 Å². The second-order valence-electron chi connectivity index (χ2n) is 19.1. The summed E-state index contributed by atoms with van der Waals surface area (Å²) in [7, 11) is 2.95. The van der Waals surface area contributed by atoms with Crippen molar-refractivity contribution in [3.8, 4) is 0 Å². The quantitative estimate of drug-likeness (QED) is 0.0542. The van der Waals surface area contributed by atoms with Gasteiger partial charge in [-0.05, 0) is 128 Å². The molecule has 0 aromatic heterocycles. The fraction of sp³-hybridized carbons (Fsp3) is 0.780. The van der Waals surface area contributed by atoms with Crippen LogP contribution in [0.2, 0.25) is 0 Å². The van der Waals surface area contributed by atoms with Crippen molar-refractivity contribution in [3.05, 3.63) is 35.5 Å². The first-order chi connectivity index (χ1) is 29.7. The lowest BCUT2D eigenvalue weighted by Crippen LogP contribution is -2.60. The molecule has 0 radical (unpaired) electrons. The third kappa shape index (κ3) is 15.0. The number of carbonyl (C=O) groups excluding carboxylic acids is 5. The van der Waals surface area contributed by atoms with Gasteiger partial charge in [0.15, 0.2) is 5.78 Å². The number of likely N-dealkylation sites (tertiary alicyclic amines) is 1. The minimum absolute atomic E-state index is 0.114. The van der Waals surface area contributed by atoms with E-state index in [1.807, 2.05) is 59.8 Å². The summed E-state index contributed by atoms with van der Waals surface area (Å²) in [5.41, 5.74) is 1.55. The van der Waals surface area contributed by atoms with Crippen LogP contribution in [-0.2, 0) is 42.9 Å². The normalized spacial score (nSPS) is 29.6. The second kappa shape index (κ2) is 25.6. The van der Waals surface area contributed by atoms with Crippen LogP contribution in [0.3, 0.4) is 0 Å². The van der Waals surface area contributed by atoms with Crippen LogP contribution in [-0.4, -0.2) is 119 Å². The second-order valence-corrected chi connectivity index (χ2v) is 19.1. The summed E-state index contributed by atoms with van der Waals surface area (Å²) >= 11 is 0. The van der Waals surface area contributed by atoms with E-state index in [4.69, 9.17) is 18.9 Å². The zero-order chi connectivity index (χ0) is 47.2. The smallest absolute Gasteiger partial charge is 0.329 e. The van der Waals surface area contributed by atoms with Gasteiger partial charge in [-0.3, -0.25) is 19.2 Å². The largest absolute Gasteiger partial charge is 0.460 e. The zero-order valence-electron chi connectivity index (χ0n) is 40.2. The maximum atomic E-state index is 14.3. The van der Waals surface area contributed by atoms with Crippen LogP contribution >= 0.6 is 0 Å². The molecule has 0 bridgehead atoms. The number of esters is 1. The van der Waals surface area contributed by atoms with Crippen LogP contribution in [0.5, 0.6) is 0 Å². The molecule has 3 aliphatic rings. The Morgan fingerprint density at radius 1 is 0.968 bits per heavy atom. The first-order valence-corrected chi connectivity index (χ1v) is 23.6. The number of aliphatic hydroxyl groups is 3. The van der Waals surface area contributed by atoms with E-state index < -0.39 is 71.8 Å².